The molecular weight excluding hydrogens is 412 g/mol. The molecule has 4 heteroatoms. The van der Waals surface area contributed by atoms with Gasteiger partial charge in [-0.2, -0.15) is 0 Å². The van der Waals surface area contributed by atoms with Crippen molar-refractivity contribution >= 4 is 17.0 Å². The number of rotatable bonds is 6. The van der Waals surface area contributed by atoms with Crippen molar-refractivity contribution in [3.63, 3.8) is 0 Å². The van der Waals surface area contributed by atoms with Crippen LogP contribution in [-0.4, -0.2) is 11.7 Å². The highest BCUT2D eigenvalue weighted by atomic mass is 32.1. The standard InChI is InChI=1S/C28H30N2OS/c1-28(2,3)23-12-10-22(11-13-23)26-20-32-27(29-24-14-16-25(31-4)17-15-24)30(26)19-18-21-8-6-5-7-9-21/h5-17,20H,18-19H2,1-4H3. The zero-order chi connectivity index (χ0) is 22.6. The Morgan fingerprint density at radius 2 is 1.56 bits per heavy atom. The molecule has 0 bridgehead atoms. The molecule has 0 saturated heterocycles. The van der Waals surface area contributed by atoms with E-state index in [1.165, 1.54) is 22.4 Å². The van der Waals surface area contributed by atoms with Crippen molar-refractivity contribution in [3.8, 4) is 17.0 Å². The zero-order valence-electron chi connectivity index (χ0n) is 19.2. The van der Waals surface area contributed by atoms with Crippen LogP contribution in [0.15, 0.2) is 89.2 Å². The Morgan fingerprint density at radius 3 is 2.19 bits per heavy atom. The van der Waals surface area contributed by atoms with Crippen LogP contribution in [0.1, 0.15) is 31.9 Å². The first-order chi connectivity index (χ1) is 15.4. The quantitative estimate of drug-likeness (QED) is 0.316. The Hall–Kier alpha value is -3.11. The molecule has 0 amide bonds. The number of methoxy groups -OCH3 is 1. The third-order valence-corrected chi connectivity index (χ3v) is 6.47. The van der Waals surface area contributed by atoms with Crippen molar-refractivity contribution in [3.05, 3.63) is 100 Å². The van der Waals surface area contributed by atoms with Crippen molar-refractivity contribution in [2.75, 3.05) is 7.11 Å². The minimum absolute atomic E-state index is 0.144. The minimum atomic E-state index is 0.144. The molecule has 0 fully saturated rings. The van der Waals surface area contributed by atoms with Crippen LogP contribution < -0.4 is 9.54 Å². The van der Waals surface area contributed by atoms with E-state index in [1.807, 2.05) is 24.3 Å². The third-order valence-electron chi connectivity index (χ3n) is 5.61. The summed E-state index contributed by atoms with van der Waals surface area (Å²) in [5, 5.41) is 2.22. The van der Waals surface area contributed by atoms with E-state index in [0.717, 1.165) is 29.2 Å². The van der Waals surface area contributed by atoms with Gasteiger partial charge in [0.25, 0.3) is 0 Å². The normalized spacial score (nSPS) is 12.2. The van der Waals surface area contributed by atoms with Gasteiger partial charge in [0.15, 0.2) is 4.80 Å². The van der Waals surface area contributed by atoms with Gasteiger partial charge in [0.05, 0.1) is 18.5 Å². The van der Waals surface area contributed by atoms with Gasteiger partial charge in [-0.05, 0) is 52.8 Å². The first kappa shape index (κ1) is 22.1. The molecule has 0 unspecified atom stereocenters. The van der Waals surface area contributed by atoms with Crippen molar-refractivity contribution in [1.29, 1.82) is 0 Å². The second kappa shape index (κ2) is 9.58. The zero-order valence-corrected chi connectivity index (χ0v) is 20.0. The number of aromatic nitrogens is 1. The fourth-order valence-corrected chi connectivity index (χ4v) is 4.61. The molecule has 0 aliphatic carbocycles. The summed E-state index contributed by atoms with van der Waals surface area (Å²) in [5.74, 6) is 0.840. The van der Waals surface area contributed by atoms with E-state index in [-0.39, 0.29) is 5.41 Å². The maximum atomic E-state index is 5.28. The average molecular weight is 443 g/mol. The summed E-state index contributed by atoms with van der Waals surface area (Å²) in [6.45, 7) is 7.62. The molecule has 0 aliphatic rings. The first-order valence-electron chi connectivity index (χ1n) is 11.0. The smallest absolute Gasteiger partial charge is 0.190 e. The molecular formula is C28H30N2OS. The summed E-state index contributed by atoms with van der Waals surface area (Å²) in [6.07, 6.45) is 0.959. The van der Waals surface area contributed by atoms with Gasteiger partial charge in [-0.1, -0.05) is 75.4 Å². The number of benzene rings is 3. The molecule has 0 atom stereocenters. The first-order valence-corrected chi connectivity index (χ1v) is 11.8. The number of hydrogen-bond acceptors (Lipinski definition) is 3. The SMILES string of the molecule is COc1ccc(N=c2scc(-c3ccc(C(C)(C)C)cc3)n2CCc2ccccc2)cc1. The van der Waals surface area contributed by atoms with Gasteiger partial charge in [-0.15, -0.1) is 11.3 Å². The molecule has 0 saturated carbocycles. The fraction of sp³-hybridized carbons (Fsp3) is 0.250. The third kappa shape index (κ3) is 5.20. The number of nitrogens with zero attached hydrogens (tertiary/aromatic N) is 2. The predicted octanol–water partition coefficient (Wildman–Crippen LogP) is 7.00. The molecule has 0 aliphatic heterocycles. The maximum Gasteiger partial charge on any atom is 0.190 e. The predicted molar refractivity (Wildman–Crippen MR) is 135 cm³/mol. The van der Waals surface area contributed by atoms with E-state index in [1.54, 1.807) is 18.4 Å². The number of hydrogen-bond donors (Lipinski definition) is 0. The van der Waals surface area contributed by atoms with Crippen LogP contribution in [0.25, 0.3) is 11.3 Å². The Morgan fingerprint density at radius 1 is 0.875 bits per heavy atom. The van der Waals surface area contributed by atoms with Crippen LogP contribution in [0.4, 0.5) is 5.69 Å². The highest BCUT2D eigenvalue weighted by Crippen LogP contribution is 2.27. The topological polar surface area (TPSA) is 26.5 Å². The van der Waals surface area contributed by atoms with Crippen molar-refractivity contribution < 1.29 is 4.74 Å². The van der Waals surface area contributed by atoms with Gasteiger partial charge in [-0.3, -0.25) is 0 Å². The van der Waals surface area contributed by atoms with E-state index < -0.39 is 0 Å². The Kier molecular flexibility index (Phi) is 6.61. The van der Waals surface area contributed by atoms with Crippen LogP contribution in [-0.2, 0) is 18.4 Å². The lowest BCUT2D eigenvalue weighted by molar-refractivity contribution is 0.415. The number of thiazole rings is 1. The highest BCUT2D eigenvalue weighted by Gasteiger charge is 2.14. The molecule has 3 aromatic carbocycles. The molecule has 3 nitrogen and oxygen atoms in total. The van der Waals surface area contributed by atoms with E-state index >= 15 is 0 Å². The summed E-state index contributed by atoms with van der Waals surface area (Å²) in [4.78, 5) is 5.96. The van der Waals surface area contributed by atoms with E-state index in [4.69, 9.17) is 9.73 Å². The van der Waals surface area contributed by atoms with Gasteiger partial charge in [0.2, 0.25) is 0 Å². The van der Waals surface area contributed by atoms with Crippen molar-refractivity contribution in [2.45, 2.75) is 39.2 Å². The Labute approximate surface area is 194 Å². The second-order valence-electron chi connectivity index (χ2n) is 8.93. The lowest BCUT2D eigenvalue weighted by Crippen LogP contribution is -2.17. The van der Waals surface area contributed by atoms with Gasteiger partial charge >= 0.3 is 0 Å². The van der Waals surface area contributed by atoms with E-state index in [9.17, 15) is 0 Å². The Balaban J connectivity index is 1.73. The minimum Gasteiger partial charge on any atom is -0.497 e. The summed E-state index contributed by atoms with van der Waals surface area (Å²) >= 11 is 1.69. The molecule has 4 rings (SSSR count). The average Bonchev–Trinajstić information content (AvgIpc) is 3.20. The molecule has 1 aromatic heterocycles. The largest absolute Gasteiger partial charge is 0.497 e. The van der Waals surface area contributed by atoms with Crippen LogP contribution in [0.2, 0.25) is 0 Å². The second-order valence-corrected chi connectivity index (χ2v) is 9.76. The lowest BCUT2D eigenvalue weighted by atomic mass is 9.86. The monoisotopic (exact) mass is 442 g/mol. The van der Waals surface area contributed by atoms with Gasteiger partial charge in [-0.25, -0.2) is 4.99 Å². The molecule has 0 spiro atoms. The van der Waals surface area contributed by atoms with Gasteiger partial charge < -0.3 is 9.30 Å². The van der Waals surface area contributed by atoms with Crippen molar-refractivity contribution in [1.82, 2.24) is 4.57 Å². The molecule has 4 aromatic rings. The molecule has 1 heterocycles. The van der Waals surface area contributed by atoms with Crippen LogP contribution in [0.3, 0.4) is 0 Å². The maximum absolute atomic E-state index is 5.28. The van der Waals surface area contributed by atoms with E-state index in [2.05, 4.69) is 85.3 Å². The van der Waals surface area contributed by atoms with E-state index in [0.29, 0.717) is 0 Å². The Bertz CT molecular complexity index is 1210. The molecule has 0 radical (unpaired) electrons. The fourth-order valence-electron chi connectivity index (χ4n) is 3.66. The number of ether oxygens (including phenoxy) is 1. The number of aryl methyl sites for hydroxylation is 1. The summed E-state index contributed by atoms with van der Waals surface area (Å²) in [6, 6.07) is 27.5. The van der Waals surface area contributed by atoms with Crippen LogP contribution in [0.5, 0.6) is 5.75 Å². The highest BCUT2D eigenvalue weighted by molar-refractivity contribution is 7.07. The molecule has 32 heavy (non-hydrogen) atoms. The van der Waals surface area contributed by atoms with Gasteiger partial charge in [0.1, 0.15) is 5.75 Å². The summed E-state index contributed by atoms with van der Waals surface area (Å²) < 4.78 is 7.62. The van der Waals surface area contributed by atoms with Crippen LogP contribution in [0, 0.1) is 0 Å². The summed E-state index contributed by atoms with van der Waals surface area (Å²) in [7, 11) is 1.68. The van der Waals surface area contributed by atoms with Crippen molar-refractivity contribution in [2.24, 2.45) is 4.99 Å². The molecule has 164 valence electrons. The lowest BCUT2D eigenvalue weighted by Gasteiger charge is -2.19. The summed E-state index contributed by atoms with van der Waals surface area (Å²) in [5.41, 5.74) is 6.17. The molecule has 0 N–H and O–H groups in total. The van der Waals surface area contributed by atoms with Gasteiger partial charge in [0, 0.05) is 11.9 Å². The van der Waals surface area contributed by atoms with Crippen LogP contribution >= 0.6 is 11.3 Å².